The molecule has 0 radical (unpaired) electrons. The molecule has 1 fully saturated rings. The van der Waals surface area contributed by atoms with Crippen molar-refractivity contribution in [1.82, 2.24) is 10.3 Å². The number of anilines is 2. The Morgan fingerprint density at radius 2 is 2.00 bits per heavy atom. The van der Waals surface area contributed by atoms with E-state index in [1.807, 2.05) is 13.1 Å². The molecule has 1 aromatic rings. The molecule has 1 aliphatic heterocycles. The van der Waals surface area contributed by atoms with Gasteiger partial charge in [0.15, 0.2) is 0 Å². The minimum absolute atomic E-state index is 0. The van der Waals surface area contributed by atoms with Crippen LogP contribution in [0.4, 0.5) is 11.5 Å². The van der Waals surface area contributed by atoms with Crippen LogP contribution in [-0.2, 0) is 0 Å². The first-order valence-electron chi connectivity index (χ1n) is 5.45. The summed E-state index contributed by atoms with van der Waals surface area (Å²) in [6.07, 6.45) is 4.15. The van der Waals surface area contributed by atoms with Gasteiger partial charge in [-0.25, -0.2) is 4.98 Å². The molecule has 0 saturated carbocycles. The second-order valence-corrected chi connectivity index (χ2v) is 4.09. The molecule has 0 aliphatic carbocycles. The summed E-state index contributed by atoms with van der Waals surface area (Å²) in [5, 5.41) is 6.84. The number of pyridine rings is 1. The lowest BCUT2D eigenvalue weighted by atomic mass is 10.1. The Morgan fingerprint density at radius 3 is 2.59 bits per heavy atom. The van der Waals surface area contributed by atoms with E-state index in [1.165, 1.54) is 12.8 Å². The van der Waals surface area contributed by atoms with Gasteiger partial charge in [0.1, 0.15) is 5.82 Å². The largest absolute Gasteiger partial charge is 0.383 e. The molecular weight excluding hydrogens is 259 g/mol. The number of nitrogens with zero attached hydrogens (tertiary/aromatic N) is 1. The second kappa shape index (κ2) is 7.58. The number of aryl methyl sites for hydroxylation is 1. The minimum Gasteiger partial charge on any atom is -0.383 e. The van der Waals surface area contributed by atoms with Crippen LogP contribution in [0.5, 0.6) is 0 Å². The number of piperidine rings is 1. The van der Waals surface area contributed by atoms with Gasteiger partial charge in [-0.15, -0.1) is 24.8 Å². The highest BCUT2D eigenvalue weighted by molar-refractivity contribution is 5.85. The highest BCUT2D eigenvalue weighted by atomic mass is 35.5. The number of nitrogens with one attached hydrogen (secondary N) is 2. The lowest BCUT2D eigenvalue weighted by Crippen LogP contribution is -2.35. The van der Waals surface area contributed by atoms with Crippen LogP contribution in [0, 0.1) is 6.92 Å². The summed E-state index contributed by atoms with van der Waals surface area (Å²) in [5.74, 6) is 0.617. The van der Waals surface area contributed by atoms with Crippen LogP contribution in [0.3, 0.4) is 0 Å². The molecule has 1 aromatic heterocycles. The molecule has 6 heteroatoms. The van der Waals surface area contributed by atoms with Gasteiger partial charge < -0.3 is 16.4 Å². The molecule has 0 spiro atoms. The van der Waals surface area contributed by atoms with Gasteiger partial charge in [-0.3, -0.25) is 0 Å². The van der Waals surface area contributed by atoms with Gasteiger partial charge in [-0.05, 0) is 44.5 Å². The Kier molecular flexibility index (Phi) is 7.27. The molecule has 0 aromatic carbocycles. The number of hydrogen-bond donors (Lipinski definition) is 3. The highest BCUT2D eigenvalue weighted by Gasteiger charge is 2.12. The summed E-state index contributed by atoms with van der Waals surface area (Å²) in [7, 11) is 0. The Bertz CT molecular complexity index is 340. The van der Waals surface area contributed by atoms with Gasteiger partial charge in [0.05, 0.1) is 11.9 Å². The molecule has 17 heavy (non-hydrogen) atoms. The third kappa shape index (κ3) is 4.58. The summed E-state index contributed by atoms with van der Waals surface area (Å²) >= 11 is 0. The van der Waals surface area contributed by atoms with Crippen LogP contribution < -0.4 is 16.4 Å². The van der Waals surface area contributed by atoms with E-state index >= 15 is 0 Å². The van der Waals surface area contributed by atoms with E-state index in [0.29, 0.717) is 11.9 Å². The van der Waals surface area contributed by atoms with Crippen molar-refractivity contribution in [2.75, 3.05) is 24.1 Å². The summed E-state index contributed by atoms with van der Waals surface area (Å²) < 4.78 is 0. The van der Waals surface area contributed by atoms with Crippen LogP contribution in [0.2, 0.25) is 0 Å². The van der Waals surface area contributed by atoms with Gasteiger partial charge in [-0.1, -0.05) is 0 Å². The number of rotatable bonds is 2. The van der Waals surface area contributed by atoms with Crippen LogP contribution >= 0.6 is 24.8 Å². The fraction of sp³-hybridized carbons (Fsp3) is 0.545. The first kappa shape index (κ1) is 16.3. The van der Waals surface area contributed by atoms with Gasteiger partial charge in [0.25, 0.3) is 0 Å². The third-order valence-electron chi connectivity index (χ3n) is 2.83. The predicted molar refractivity (Wildman–Crippen MR) is 77.4 cm³/mol. The molecule has 0 unspecified atom stereocenters. The summed E-state index contributed by atoms with van der Waals surface area (Å²) in [4.78, 5) is 4.14. The summed E-state index contributed by atoms with van der Waals surface area (Å²) in [6.45, 7) is 4.17. The van der Waals surface area contributed by atoms with Crippen molar-refractivity contribution in [3.05, 3.63) is 17.8 Å². The van der Waals surface area contributed by atoms with Crippen molar-refractivity contribution in [1.29, 1.82) is 0 Å². The normalized spacial score (nSPS) is 15.6. The fourth-order valence-electron chi connectivity index (χ4n) is 1.87. The predicted octanol–water partition coefficient (Wildman–Crippen LogP) is 1.98. The topological polar surface area (TPSA) is 63.0 Å². The van der Waals surface area contributed by atoms with E-state index < -0.39 is 0 Å². The SMILES string of the molecule is Cc1cc(NC2CCNCC2)cnc1N.Cl.Cl. The monoisotopic (exact) mass is 278 g/mol. The quantitative estimate of drug-likeness (QED) is 0.774. The zero-order valence-corrected chi connectivity index (χ0v) is 11.5. The Hall–Kier alpha value is -0.710. The zero-order valence-electron chi connectivity index (χ0n) is 9.90. The number of hydrogen-bond acceptors (Lipinski definition) is 4. The van der Waals surface area contributed by atoms with E-state index in [9.17, 15) is 0 Å². The van der Waals surface area contributed by atoms with Crippen LogP contribution in [-0.4, -0.2) is 24.1 Å². The Morgan fingerprint density at radius 1 is 1.35 bits per heavy atom. The summed E-state index contributed by atoms with van der Waals surface area (Å²) in [5.41, 5.74) is 7.79. The molecule has 0 amide bonds. The molecule has 1 aliphatic rings. The number of nitrogens with two attached hydrogens (primary N) is 1. The van der Waals surface area contributed by atoms with Crippen molar-refractivity contribution < 1.29 is 0 Å². The molecule has 2 heterocycles. The lowest BCUT2D eigenvalue weighted by Gasteiger charge is -2.24. The van der Waals surface area contributed by atoms with Crippen molar-refractivity contribution in [2.45, 2.75) is 25.8 Å². The van der Waals surface area contributed by atoms with Crippen LogP contribution in [0.1, 0.15) is 18.4 Å². The van der Waals surface area contributed by atoms with Crippen molar-refractivity contribution in [3.63, 3.8) is 0 Å². The lowest BCUT2D eigenvalue weighted by molar-refractivity contribution is 0.479. The van der Waals surface area contributed by atoms with Gasteiger partial charge in [0, 0.05) is 6.04 Å². The van der Waals surface area contributed by atoms with Gasteiger partial charge in [0.2, 0.25) is 0 Å². The molecule has 4 nitrogen and oxygen atoms in total. The first-order chi connectivity index (χ1) is 7.25. The van der Waals surface area contributed by atoms with E-state index in [2.05, 4.69) is 21.7 Å². The standard InChI is InChI=1S/C11H18N4.2ClH/c1-8-6-10(7-14-11(8)12)15-9-2-4-13-5-3-9;;/h6-7,9,13,15H,2-5H2,1H3,(H2,12,14);2*1H. The maximum atomic E-state index is 5.67. The van der Waals surface area contributed by atoms with Crippen molar-refractivity contribution in [3.8, 4) is 0 Å². The third-order valence-corrected chi connectivity index (χ3v) is 2.83. The Balaban J connectivity index is 0.00000128. The second-order valence-electron chi connectivity index (χ2n) is 4.09. The molecule has 1 saturated heterocycles. The maximum Gasteiger partial charge on any atom is 0.126 e. The van der Waals surface area contributed by atoms with E-state index in [0.717, 1.165) is 24.3 Å². The average Bonchev–Trinajstić information content (AvgIpc) is 2.25. The molecule has 4 N–H and O–H groups in total. The molecular formula is C11H20Cl2N4. The smallest absolute Gasteiger partial charge is 0.126 e. The maximum absolute atomic E-state index is 5.67. The van der Waals surface area contributed by atoms with E-state index in [1.54, 1.807) is 0 Å². The van der Waals surface area contributed by atoms with E-state index in [4.69, 9.17) is 5.73 Å². The summed E-state index contributed by atoms with van der Waals surface area (Å²) in [6, 6.07) is 2.63. The van der Waals surface area contributed by atoms with E-state index in [-0.39, 0.29) is 24.8 Å². The minimum atomic E-state index is 0. The first-order valence-corrected chi connectivity index (χ1v) is 5.45. The number of aromatic nitrogens is 1. The van der Waals surface area contributed by atoms with Crippen LogP contribution in [0.15, 0.2) is 12.3 Å². The average molecular weight is 279 g/mol. The fourth-order valence-corrected chi connectivity index (χ4v) is 1.87. The molecule has 0 bridgehead atoms. The Labute approximate surface area is 115 Å². The molecule has 2 rings (SSSR count). The number of halogens is 2. The number of nitrogen functional groups attached to an aromatic ring is 1. The molecule has 98 valence electrons. The van der Waals surface area contributed by atoms with Gasteiger partial charge in [-0.2, -0.15) is 0 Å². The van der Waals surface area contributed by atoms with Crippen LogP contribution in [0.25, 0.3) is 0 Å². The zero-order chi connectivity index (χ0) is 10.7. The van der Waals surface area contributed by atoms with Crippen molar-refractivity contribution >= 4 is 36.3 Å². The molecule has 0 atom stereocenters. The van der Waals surface area contributed by atoms with Gasteiger partial charge >= 0.3 is 0 Å². The van der Waals surface area contributed by atoms with Crippen molar-refractivity contribution in [2.24, 2.45) is 0 Å². The highest BCUT2D eigenvalue weighted by Crippen LogP contribution is 2.16.